The summed E-state index contributed by atoms with van der Waals surface area (Å²) in [6, 6.07) is 5.27. The van der Waals surface area contributed by atoms with Crippen molar-refractivity contribution in [2.75, 3.05) is 12.1 Å². The molecule has 0 fully saturated rings. The molecule has 4 nitrogen and oxygen atoms in total. The van der Waals surface area contributed by atoms with Crippen molar-refractivity contribution in [3.8, 4) is 23.3 Å². The Morgan fingerprint density at radius 1 is 1.32 bits per heavy atom. The molecule has 1 aromatic rings. The summed E-state index contributed by atoms with van der Waals surface area (Å²) >= 11 is 0. The van der Waals surface area contributed by atoms with Crippen molar-refractivity contribution in [1.29, 1.82) is 0 Å². The van der Waals surface area contributed by atoms with Gasteiger partial charge in [-0.3, -0.25) is 4.79 Å². The predicted molar refractivity (Wildman–Crippen MR) is 73.1 cm³/mol. The Kier molecular flexibility index (Phi) is 4.68. The van der Waals surface area contributed by atoms with E-state index in [0.717, 1.165) is 25.7 Å². The quantitative estimate of drug-likeness (QED) is 0.668. The number of unbranched alkanes of at least 4 members (excludes halogenated alkanes) is 3. The third kappa shape index (κ3) is 3.92. The minimum absolute atomic E-state index is 0.226. The molecule has 0 saturated heterocycles. The lowest BCUT2D eigenvalue weighted by Crippen LogP contribution is -2.08. The Bertz CT molecular complexity index is 514. The molecular formula is C15H17NO3. The summed E-state index contributed by atoms with van der Waals surface area (Å²) in [5.74, 6) is 6.51. The first-order chi connectivity index (χ1) is 9.29. The van der Waals surface area contributed by atoms with Crippen LogP contribution in [-0.4, -0.2) is 12.7 Å². The van der Waals surface area contributed by atoms with Crippen LogP contribution in [0.2, 0.25) is 0 Å². The molecule has 1 amide bonds. The lowest BCUT2D eigenvalue weighted by Gasteiger charge is -2.02. The summed E-state index contributed by atoms with van der Waals surface area (Å²) in [4.78, 5) is 11.6. The lowest BCUT2D eigenvalue weighted by atomic mass is 10.2. The van der Waals surface area contributed by atoms with Gasteiger partial charge in [-0.2, -0.15) is 0 Å². The topological polar surface area (TPSA) is 47.6 Å². The van der Waals surface area contributed by atoms with E-state index in [1.54, 1.807) is 18.2 Å². The smallest absolute Gasteiger partial charge is 0.300 e. The molecule has 0 bridgehead atoms. The number of amides is 1. The number of carbonyl (C=O) groups is 1. The maximum atomic E-state index is 11.6. The number of hydrogen-bond acceptors (Lipinski definition) is 3. The van der Waals surface area contributed by atoms with Gasteiger partial charge in [0.15, 0.2) is 11.5 Å². The highest BCUT2D eigenvalue weighted by atomic mass is 16.7. The van der Waals surface area contributed by atoms with E-state index in [-0.39, 0.29) is 12.7 Å². The van der Waals surface area contributed by atoms with Gasteiger partial charge in [0, 0.05) is 18.2 Å². The molecule has 0 atom stereocenters. The van der Waals surface area contributed by atoms with Crippen molar-refractivity contribution in [2.45, 2.75) is 32.6 Å². The number of anilines is 1. The Balaban J connectivity index is 1.85. The molecule has 1 aliphatic rings. The van der Waals surface area contributed by atoms with Crippen LogP contribution in [0.5, 0.6) is 11.5 Å². The molecule has 2 rings (SSSR count). The number of nitrogens with one attached hydrogen (secondary N) is 1. The molecule has 100 valence electrons. The summed E-state index contributed by atoms with van der Waals surface area (Å²) in [6.07, 6.45) is 4.12. The summed E-state index contributed by atoms with van der Waals surface area (Å²) in [7, 11) is 0. The number of rotatable bonds is 4. The SMILES string of the molecule is CCCCCC#CC(=O)Nc1ccc2c(c1)OCO2. The van der Waals surface area contributed by atoms with E-state index in [4.69, 9.17) is 9.47 Å². The van der Waals surface area contributed by atoms with Gasteiger partial charge in [-0.1, -0.05) is 25.7 Å². The van der Waals surface area contributed by atoms with Crippen LogP contribution in [0.15, 0.2) is 18.2 Å². The van der Waals surface area contributed by atoms with Crippen LogP contribution in [-0.2, 0) is 4.79 Å². The van der Waals surface area contributed by atoms with Gasteiger partial charge >= 0.3 is 0 Å². The Labute approximate surface area is 113 Å². The number of ether oxygens (including phenoxy) is 2. The van der Waals surface area contributed by atoms with E-state index in [2.05, 4.69) is 24.1 Å². The highest BCUT2D eigenvalue weighted by Crippen LogP contribution is 2.34. The Hall–Kier alpha value is -2.15. The van der Waals surface area contributed by atoms with Gasteiger partial charge in [-0.05, 0) is 24.5 Å². The molecule has 19 heavy (non-hydrogen) atoms. The largest absolute Gasteiger partial charge is 0.454 e. The first-order valence-corrected chi connectivity index (χ1v) is 6.49. The number of fused-ring (bicyclic) bond motifs is 1. The van der Waals surface area contributed by atoms with E-state index in [0.29, 0.717) is 17.2 Å². The maximum absolute atomic E-state index is 11.6. The third-order valence-corrected chi connectivity index (χ3v) is 2.74. The molecule has 0 radical (unpaired) electrons. The zero-order valence-corrected chi connectivity index (χ0v) is 11.0. The molecule has 0 aromatic heterocycles. The van der Waals surface area contributed by atoms with Gasteiger partial charge in [0.2, 0.25) is 6.79 Å². The van der Waals surface area contributed by atoms with Crippen molar-refractivity contribution < 1.29 is 14.3 Å². The number of benzene rings is 1. The van der Waals surface area contributed by atoms with Crippen molar-refractivity contribution >= 4 is 11.6 Å². The number of hydrogen-bond donors (Lipinski definition) is 1. The van der Waals surface area contributed by atoms with Crippen LogP contribution < -0.4 is 14.8 Å². The Morgan fingerprint density at radius 2 is 2.16 bits per heavy atom. The van der Waals surface area contributed by atoms with E-state index in [9.17, 15) is 4.79 Å². The van der Waals surface area contributed by atoms with Gasteiger partial charge < -0.3 is 14.8 Å². The minimum atomic E-state index is -0.296. The zero-order chi connectivity index (χ0) is 13.5. The monoisotopic (exact) mass is 259 g/mol. The number of carbonyl (C=O) groups excluding carboxylic acids is 1. The molecule has 1 heterocycles. The summed E-state index contributed by atoms with van der Waals surface area (Å²) in [6.45, 7) is 2.36. The highest BCUT2D eigenvalue weighted by molar-refractivity contribution is 6.04. The van der Waals surface area contributed by atoms with Crippen LogP contribution >= 0.6 is 0 Å². The molecule has 4 heteroatoms. The van der Waals surface area contributed by atoms with Crippen molar-refractivity contribution in [1.82, 2.24) is 0 Å². The fourth-order valence-corrected chi connectivity index (χ4v) is 1.74. The van der Waals surface area contributed by atoms with Crippen LogP contribution in [0, 0.1) is 11.8 Å². The normalized spacial score (nSPS) is 11.6. The van der Waals surface area contributed by atoms with Gasteiger partial charge in [-0.25, -0.2) is 0 Å². The second kappa shape index (κ2) is 6.69. The van der Waals surface area contributed by atoms with Gasteiger partial charge in [0.1, 0.15) is 0 Å². The first kappa shape index (κ1) is 13.3. The van der Waals surface area contributed by atoms with E-state index >= 15 is 0 Å². The fourth-order valence-electron chi connectivity index (χ4n) is 1.74. The third-order valence-electron chi connectivity index (χ3n) is 2.74. The fraction of sp³-hybridized carbons (Fsp3) is 0.400. The molecule has 0 spiro atoms. The predicted octanol–water partition coefficient (Wildman–Crippen LogP) is 2.94. The lowest BCUT2D eigenvalue weighted by molar-refractivity contribution is -0.111. The first-order valence-electron chi connectivity index (χ1n) is 6.49. The van der Waals surface area contributed by atoms with E-state index in [1.807, 2.05) is 0 Å². The maximum Gasteiger partial charge on any atom is 0.300 e. The van der Waals surface area contributed by atoms with Gasteiger partial charge in [0.05, 0.1) is 0 Å². The van der Waals surface area contributed by atoms with Crippen molar-refractivity contribution in [3.63, 3.8) is 0 Å². The van der Waals surface area contributed by atoms with Crippen LogP contribution in [0.1, 0.15) is 32.6 Å². The van der Waals surface area contributed by atoms with E-state index < -0.39 is 0 Å². The van der Waals surface area contributed by atoms with E-state index in [1.165, 1.54) is 0 Å². The van der Waals surface area contributed by atoms with Crippen molar-refractivity contribution in [3.05, 3.63) is 18.2 Å². The molecule has 1 aliphatic heterocycles. The van der Waals surface area contributed by atoms with Gasteiger partial charge in [0.25, 0.3) is 5.91 Å². The van der Waals surface area contributed by atoms with Crippen LogP contribution in [0.25, 0.3) is 0 Å². The Morgan fingerprint density at radius 3 is 3.00 bits per heavy atom. The molecule has 1 aromatic carbocycles. The summed E-state index contributed by atoms with van der Waals surface area (Å²) in [5.41, 5.74) is 0.664. The second-order valence-corrected chi connectivity index (χ2v) is 4.28. The standard InChI is InChI=1S/C15H17NO3/c1-2-3-4-5-6-7-15(17)16-12-8-9-13-14(10-12)19-11-18-13/h8-10H,2-5,11H2,1H3,(H,16,17). The molecule has 0 aliphatic carbocycles. The van der Waals surface area contributed by atoms with Crippen LogP contribution in [0.4, 0.5) is 5.69 Å². The molecule has 0 unspecified atom stereocenters. The highest BCUT2D eigenvalue weighted by Gasteiger charge is 2.13. The average molecular weight is 259 g/mol. The van der Waals surface area contributed by atoms with Crippen molar-refractivity contribution in [2.24, 2.45) is 0 Å². The summed E-state index contributed by atoms with van der Waals surface area (Å²) in [5, 5.41) is 2.71. The van der Waals surface area contributed by atoms with Crippen LogP contribution in [0.3, 0.4) is 0 Å². The summed E-state index contributed by atoms with van der Waals surface area (Å²) < 4.78 is 10.4. The second-order valence-electron chi connectivity index (χ2n) is 4.28. The minimum Gasteiger partial charge on any atom is -0.454 e. The average Bonchev–Trinajstić information content (AvgIpc) is 2.86. The van der Waals surface area contributed by atoms with Gasteiger partial charge in [-0.15, -0.1) is 0 Å². The molecule has 0 saturated carbocycles. The molecule has 1 N–H and O–H groups in total. The zero-order valence-electron chi connectivity index (χ0n) is 11.0. The molecular weight excluding hydrogens is 242 g/mol.